The lowest BCUT2D eigenvalue weighted by molar-refractivity contribution is -0.139. The first-order chi connectivity index (χ1) is 15.3. The summed E-state index contributed by atoms with van der Waals surface area (Å²) >= 11 is 1.16. The van der Waals surface area contributed by atoms with Crippen molar-refractivity contribution in [1.82, 2.24) is 14.5 Å². The van der Waals surface area contributed by atoms with E-state index in [4.69, 9.17) is 0 Å². The fourth-order valence-electron chi connectivity index (χ4n) is 3.99. The molecule has 2 heterocycles. The van der Waals surface area contributed by atoms with Crippen LogP contribution in [0, 0.1) is 11.6 Å². The number of hydrogen-bond donors (Lipinski definition) is 1. The van der Waals surface area contributed by atoms with Crippen molar-refractivity contribution >= 4 is 29.5 Å². The van der Waals surface area contributed by atoms with Gasteiger partial charge in [0.15, 0.2) is 0 Å². The second-order valence-corrected chi connectivity index (χ2v) is 9.09. The zero-order valence-electron chi connectivity index (χ0n) is 17.7. The fourth-order valence-corrected chi connectivity index (χ4v) is 5.24. The number of amides is 2. The molecule has 0 aliphatic carbocycles. The quantitative estimate of drug-likeness (QED) is 0.544. The Morgan fingerprint density at radius 3 is 2.47 bits per heavy atom. The number of nitrogens with zero attached hydrogens (tertiary/aromatic N) is 2. The van der Waals surface area contributed by atoms with Gasteiger partial charge in [-0.25, -0.2) is 17.9 Å². The minimum absolute atomic E-state index is 0.0458. The molecular weight excluding hydrogens is 436 g/mol. The Bertz CT molecular complexity index is 1070. The van der Waals surface area contributed by atoms with Crippen molar-refractivity contribution < 1.29 is 23.2 Å². The summed E-state index contributed by atoms with van der Waals surface area (Å²) in [7, 11) is 0. The molecule has 1 unspecified atom stereocenters. The van der Waals surface area contributed by atoms with Gasteiger partial charge >= 0.3 is 6.03 Å². The van der Waals surface area contributed by atoms with E-state index < -0.39 is 40.5 Å². The number of hydrogen-bond acceptors (Lipinski definition) is 5. The molecule has 168 valence electrons. The summed E-state index contributed by atoms with van der Waals surface area (Å²) in [5.74, 6) is -2.29. The Morgan fingerprint density at radius 1 is 1.09 bits per heavy atom. The average Bonchev–Trinajstić information content (AvgIpc) is 3.22. The topological polar surface area (TPSA) is 69.7 Å². The van der Waals surface area contributed by atoms with Crippen LogP contribution in [-0.4, -0.2) is 45.9 Å². The molecule has 0 bridgehead atoms. The first-order valence-electron chi connectivity index (χ1n) is 10.4. The Labute approximate surface area is 189 Å². The molecule has 2 aliphatic heterocycles. The van der Waals surface area contributed by atoms with E-state index in [2.05, 4.69) is 5.32 Å². The largest absolute Gasteiger partial charge is 0.336 e. The molecule has 32 heavy (non-hydrogen) atoms. The highest BCUT2D eigenvalue weighted by atomic mass is 32.2. The van der Waals surface area contributed by atoms with Crippen LogP contribution in [0.15, 0.2) is 42.5 Å². The lowest BCUT2D eigenvalue weighted by Gasteiger charge is -2.35. The van der Waals surface area contributed by atoms with Gasteiger partial charge < -0.3 is 10.2 Å². The van der Waals surface area contributed by atoms with Crippen LogP contribution in [0.1, 0.15) is 41.8 Å². The van der Waals surface area contributed by atoms with Crippen molar-refractivity contribution in [3.63, 3.8) is 0 Å². The molecule has 3 atom stereocenters. The number of Topliss-reactive ketones (excluding diaryl/α,β-unsaturated/α-hetero) is 2. The Balaban J connectivity index is 1.57. The van der Waals surface area contributed by atoms with E-state index in [1.54, 1.807) is 42.4 Å². The number of carbonyl (C=O) groups is 3. The number of carbonyl (C=O) groups excluding carboxylic acids is 3. The minimum atomic E-state index is -0.762. The highest BCUT2D eigenvalue weighted by molar-refractivity contribution is 7.98. The summed E-state index contributed by atoms with van der Waals surface area (Å²) in [5.41, 5.74) is 0.862. The van der Waals surface area contributed by atoms with E-state index in [-0.39, 0.29) is 23.7 Å². The van der Waals surface area contributed by atoms with Crippen LogP contribution in [0.4, 0.5) is 13.6 Å². The van der Waals surface area contributed by atoms with Gasteiger partial charge in [0.2, 0.25) is 11.6 Å². The van der Waals surface area contributed by atoms with E-state index in [0.29, 0.717) is 18.7 Å². The molecule has 2 aromatic carbocycles. The summed E-state index contributed by atoms with van der Waals surface area (Å²) in [6.45, 7) is 4.08. The van der Waals surface area contributed by atoms with Crippen molar-refractivity contribution in [2.24, 2.45) is 0 Å². The zero-order valence-corrected chi connectivity index (χ0v) is 18.5. The summed E-state index contributed by atoms with van der Waals surface area (Å²) in [6.07, 6.45) is 0. The predicted molar refractivity (Wildman–Crippen MR) is 117 cm³/mol. The first-order valence-corrected chi connectivity index (χ1v) is 11.2. The van der Waals surface area contributed by atoms with Gasteiger partial charge in [0.25, 0.3) is 0 Å². The SMILES string of the molecule is CC(c1cc(F)c(CN2S[C@H](c3ccccc3)C(=O)C(=O)[C@@H]2C)cc1F)N1CCNC1=O. The van der Waals surface area contributed by atoms with Gasteiger partial charge in [-0.15, -0.1) is 0 Å². The van der Waals surface area contributed by atoms with Crippen molar-refractivity contribution in [2.75, 3.05) is 13.1 Å². The molecule has 1 N–H and O–H groups in total. The Kier molecular flexibility index (Phi) is 6.30. The predicted octanol–water partition coefficient (Wildman–Crippen LogP) is 3.78. The number of benzene rings is 2. The summed E-state index contributed by atoms with van der Waals surface area (Å²) < 4.78 is 31.5. The molecule has 0 saturated carbocycles. The highest BCUT2D eigenvalue weighted by Crippen LogP contribution is 2.40. The first kappa shape index (κ1) is 22.4. The second-order valence-electron chi connectivity index (χ2n) is 7.94. The maximum atomic E-state index is 15.0. The number of halogens is 2. The highest BCUT2D eigenvalue weighted by Gasteiger charge is 2.41. The van der Waals surface area contributed by atoms with Gasteiger partial charge in [0.1, 0.15) is 16.9 Å². The number of ketones is 2. The monoisotopic (exact) mass is 459 g/mol. The number of rotatable bonds is 5. The van der Waals surface area contributed by atoms with Gasteiger partial charge in [-0.05, 0) is 31.5 Å². The molecule has 0 radical (unpaired) electrons. The molecular formula is C23H23F2N3O3S. The third-order valence-corrected chi connectivity index (χ3v) is 7.35. The summed E-state index contributed by atoms with van der Waals surface area (Å²) in [6, 6.07) is 9.45. The second kappa shape index (κ2) is 8.99. The molecule has 4 rings (SSSR count). The Morgan fingerprint density at radius 2 is 1.81 bits per heavy atom. The fraction of sp³-hybridized carbons (Fsp3) is 0.348. The van der Waals surface area contributed by atoms with Crippen molar-refractivity contribution in [3.8, 4) is 0 Å². The van der Waals surface area contributed by atoms with Crippen molar-refractivity contribution in [1.29, 1.82) is 0 Å². The smallest absolute Gasteiger partial charge is 0.318 e. The van der Waals surface area contributed by atoms with E-state index in [9.17, 15) is 23.2 Å². The van der Waals surface area contributed by atoms with E-state index in [1.807, 2.05) is 6.07 Å². The van der Waals surface area contributed by atoms with E-state index in [1.165, 1.54) is 4.90 Å². The van der Waals surface area contributed by atoms with Crippen molar-refractivity contribution in [2.45, 2.75) is 37.7 Å². The van der Waals surface area contributed by atoms with Crippen molar-refractivity contribution in [3.05, 3.63) is 70.8 Å². The third-order valence-electron chi connectivity index (χ3n) is 5.93. The molecule has 2 fully saturated rings. The summed E-state index contributed by atoms with van der Waals surface area (Å²) in [4.78, 5) is 38.5. The Hall–Kier alpha value is -2.78. The van der Waals surface area contributed by atoms with Crippen LogP contribution in [0.5, 0.6) is 0 Å². The van der Waals surface area contributed by atoms with Crippen LogP contribution >= 0.6 is 11.9 Å². The van der Waals surface area contributed by atoms with Crippen LogP contribution < -0.4 is 5.32 Å². The van der Waals surface area contributed by atoms with Gasteiger partial charge in [0.05, 0.1) is 12.1 Å². The molecule has 2 aromatic rings. The maximum Gasteiger partial charge on any atom is 0.318 e. The standard InChI is InChI=1S/C23H23F2N3O3S/c1-13(27-9-8-26-23(27)31)17-11-18(24)16(10-19(17)25)12-28-14(2)20(29)21(30)22(32-28)15-6-4-3-5-7-15/h3-7,10-11,13-14,22H,8-9,12H2,1-2H3,(H,26,31)/t13?,14-,22+/m0/s1. The van der Waals surface area contributed by atoms with Gasteiger partial charge in [-0.3, -0.25) is 9.59 Å². The lowest BCUT2D eigenvalue weighted by Crippen LogP contribution is -2.45. The molecule has 0 spiro atoms. The summed E-state index contributed by atoms with van der Waals surface area (Å²) in [5, 5.41) is 1.93. The van der Waals surface area contributed by atoms with E-state index in [0.717, 1.165) is 24.1 Å². The third kappa shape index (κ3) is 4.14. The normalized spacial score (nSPS) is 22.9. The maximum absolute atomic E-state index is 15.0. The molecule has 2 aliphatic rings. The van der Waals surface area contributed by atoms with Crippen LogP contribution in [-0.2, 0) is 16.1 Å². The minimum Gasteiger partial charge on any atom is -0.336 e. The molecule has 2 amide bonds. The average molecular weight is 460 g/mol. The van der Waals surface area contributed by atoms with Gasteiger partial charge in [0, 0.05) is 30.8 Å². The molecule has 0 aromatic heterocycles. The zero-order chi connectivity index (χ0) is 23.0. The van der Waals surface area contributed by atoms with E-state index >= 15 is 0 Å². The lowest BCUT2D eigenvalue weighted by atomic mass is 10.0. The van der Waals surface area contributed by atoms with Crippen LogP contribution in [0.2, 0.25) is 0 Å². The number of urea groups is 1. The van der Waals surface area contributed by atoms with Gasteiger partial charge in [-0.2, -0.15) is 0 Å². The van der Waals surface area contributed by atoms with Crippen LogP contribution in [0.3, 0.4) is 0 Å². The number of nitrogens with one attached hydrogen (secondary N) is 1. The molecule has 2 saturated heterocycles. The van der Waals surface area contributed by atoms with Crippen LogP contribution in [0.25, 0.3) is 0 Å². The molecule has 6 nitrogen and oxygen atoms in total. The van der Waals surface area contributed by atoms with Gasteiger partial charge in [-0.1, -0.05) is 42.3 Å². The molecule has 9 heteroatoms.